The summed E-state index contributed by atoms with van der Waals surface area (Å²) in [5.74, 6) is 0.155. The lowest BCUT2D eigenvalue weighted by atomic mass is 10.2. The first-order valence-electron chi connectivity index (χ1n) is 3.28. The minimum Gasteiger partial charge on any atom is -0.508 e. The maximum absolute atomic E-state index is 9.24. The van der Waals surface area contributed by atoms with Crippen molar-refractivity contribution in [1.29, 1.82) is 0 Å². The zero-order valence-corrected chi connectivity index (χ0v) is 7.49. The van der Waals surface area contributed by atoms with Crippen LogP contribution in [0.4, 0.5) is 0 Å². The Morgan fingerprint density at radius 1 is 1.25 bits per heavy atom. The number of rotatable bonds is 0. The normalized spacial score (nSPS) is 10.8. The van der Waals surface area contributed by atoms with E-state index in [-0.39, 0.29) is 10.8 Å². The molecule has 2 aromatic rings. The Morgan fingerprint density at radius 2 is 2.00 bits per heavy atom. The van der Waals surface area contributed by atoms with Gasteiger partial charge in [0.2, 0.25) is 0 Å². The maximum atomic E-state index is 9.24. The molecule has 4 heteroatoms. The molecule has 0 atom stereocenters. The number of thiophene rings is 1. The van der Waals surface area contributed by atoms with Gasteiger partial charge in [0, 0.05) is 10.1 Å². The van der Waals surface area contributed by atoms with Crippen LogP contribution >= 0.6 is 22.9 Å². The number of aromatic hydroxyl groups is 2. The van der Waals surface area contributed by atoms with Gasteiger partial charge >= 0.3 is 0 Å². The summed E-state index contributed by atoms with van der Waals surface area (Å²) in [6.07, 6.45) is 0. The highest BCUT2D eigenvalue weighted by molar-refractivity contribution is 7.21. The first-order valence-corrected chi connectivity index (χ1v) is 4.48. The first kappa shape index (κ1) is 7.71. The molecule has 0 fully saturated rings. The van der Waals surface area contributed by atoms with E-state index in [9.17, 15) is 5.11 Å². The fourth-order valence-corrected chi connectivity index (χ4v) is 2.19. The Morgan fingerprint density at radius 3 is 2.75 bits per heavy atom. The number of halogens is 1. The Labute approximate surface area is 77.6 Å². The average Bonchev–Trinajstić information content (AvgIpc) is 2.31. The molecule has 1 aromatic heterocycles. The molecular formula is C8H5ClO2S. The van der Waals surface area contributed by atoms with E-state index < -0.39 is 0 Å². The number of fused-ring (bicyclic) bond motifs is 1. The summed E-state index contributed by atoms with van der Waals surface area (Å²) >= 11 is 6.96. The highest BCUT2D eigenvalue weighted by Crippen LogP contribution is 2.41. The maximum Gasteiger partial charge on any atom is 0.191 e. The van der Waals surface area contributed by atoms with Crippen LogP contribution in [0.25, 0.3) is 10.1 Å². The molecule has 0 unspecified atom stereocenters. The summed E-state index contributed by atoms with van der Waals surface area (Å²) in [6.45, 7) is 0. The van der Waals surface area contributed by atoms with Crippen LogP contribution in [-0.4, -0.2) is 10.2 Å². The second-order valence-corrected chi connectivity index (χ2v) is 3.81. The second-order valence-electron chi connectivity index (χ2n) is 2.40. The Bertz CT molecular complexity index is 436. The van der Waals surface area contributed by atoms with Crippen molar-refractivity contribution in [3.63, 3.8) is 0 Å². The Kier molecular flexibility index (Phi) is 1.63. The van der Waals surface area contributed by atoms with Crippen molar-refractivity contribution in [2.24, 2.45) is 0 Å². The molecule has 0 aliphatic heterocycles. The fraction of sp³-hybridized carbons (Fsp3) is 0. The molecule has 62 valence electrons. The molecule has 2 nitrogen and oxygen atoms in total. The summed E-state index contributed by atoms with van der Waals surface area (Å²) in [5, 5.41) is 19.5. The third-order valence-corrected chi connectivity index (χ3v) is 3.06. The molecule has 0 radical (unpaired) electrons. The number of phenolic OH excluding ortho intramolecular Hbond substituents is 1. The standard InChI is InChI=1S/C8H5ClO2S/c9-7-5-3-4(10)1-2-6(5)12-8(7)11/h1-3,10-11H. The molecule has 1 heterocycles. The van der Waals surface area contributed by atoms with Gasteiger partial charge in [-0.05, 0) is 18.2 Å². The number of hydrogen-bond donors (Lipinski definition) is 2. The van der Waals surface area contributed by atoms with Crippen molar-refractivity contribution in [2.45, 2.75) is 0 Å². The van der Waals surface area contributed by atoms with E-state index in [1.807, 2.05) is 0 Å². The van der Waals surface area contributed by atoms with Gasteiger partial charge in [0.05, 0.1) is 0 Å². The van der Waals surface area contributed by atoms with Gasteiger partial charge in [-0.2, -0.15) is 0 Å². The Balaban J connectivity index is 2.88. The average molecular weight is 201 g/mol. The minimum atomic E-state index is 0.0947. The number of benzene rings is 1. The van der Waals surface area contributed by atoms with Gasteiger partial charge in [-0.25, -0.2) is 0 Å². The van der Waals surface area contributed by atoms with Crippen molar-refractivity contribution >= 4 is 33.0 Å². The van der Waals surface area contributed by atoms with Gasteiger partial charge in [-0.3, -0.25) is 0 Å². The van der Waals surface area contributed by atoms with Crippen molar-refractivity contribution in [1.82, 2.24) is 0 Å². The monoisotopic (exact) mass is 200 g/mol. The van der Waals surface area contributed by atoms with Crippen LogP contribution in [0, 0.1) is 0 Å². The summed E-state index contributed by atoms with van der Waals surface area (Å²) < 4.78 is 0.871. The lowest BCUT2D eigenvalue weighted by molar-refractivity contribution is 0.476. The quantitative estimate of drug-likeness (QED) is 0.687. The largest absolute Gasteiger partial charge is 0.508 e. The summed E-state index contributed by atoms with van der Waals surface area (Å²) in [6, 6.07) is 4.82. The molecule has 2 rings (SSSR count). The van der Waals surface area contributed by atoms with Crippen molar-refractivity contribution in [3.8, 4) is 10.8 Å². The molecule has 0 bridgehead atoms. The third-order valence-electron chi connectivity index (χ3n) is 1.59. The van der Waals surface area contributed by atoms with Crippen LogP contribution < -0.4 is 0 Å². The molecule has 12 heavy (non-hydrogen) atoms. The smallest absolute Gasteiger partial charge is 0.191 e. The topological polar surface area (TPSA) is 40.5 Å². The first-order chi connectivity index (χ1) is 5.68. The van der Waals surface area contributed by atoms with Gasteiger partial charge in [0.1, 0.15) is 10.8 Å². The van der Waals surface area contributed by atoms with Crippen LogP contribution in [0.1, 0.15) is 0 Å². The van der Waals surface area contributed by atoms with E-state index in [4.69, 9.17) is 16.7 Å². The van der Waals surface area contributed by atoms with Gasteiger partial charge in [-0.1, -0.05) is 22.9 Å². The second kappa shape index (κ2) is 2.54. The molecule has 0 saturated heterocycles. The summed E-state index contributed by atoms with van der Waals surface area (Å²) in [7, 11) is 0. The lowest BCUT2D eigenvalue weighted by Crippen LogP contribution is -1.64. The van der Waals surface area contributed by atoms with Crippen molar-refractivity contribution in [2.75, 3.05) is 0 Å². The molecule has 0 spiro atoms. The van der Waals surface area contributed by atoms with E-state index in [1.54, 1.807) is 12.1 Å². The van der Waals surface area contributed by atoms with E-state index >= 15 is 0 Å². The van der Waals surface area contributed by atoms with E-state index in [0.717, 1.165) is 4.70 Å². The summed E-state index contributed by atoms with van der Waals surface area (Å²) in [4.78, 5) is 0. The van der Waals surface area contributed by atoms with E-state index in [1.165, 1.54) is 17.4 Å². The Hall–Kier alpha value is -0.930. The molecule has 0 aliphatic carbocycles. The lowest BCUT2D eigenvalue weighted by Gasteiger charge is -1.90. The van der Waals surface area contributed by atoms with Crippen LogP contribution in [0.5, 0.6) is 10.8 Å². The van der Waals surface area contributed by atoms with Gasteiger partial charge in [0.15, 0.2) is 5.06 Å². The van der Waals surface area contributed by atoms with Crippen LogP contribution in [0.15, 0.2) is 18.2 Å². The van der Waals surface area contributed by atoms with Crippen molar-refractivity contribution < 1.29 is 10.2 Å². The van der Waals surface area contributed by atoms with Gasteiger partial charge in [-0.15, -0.1) is 0 Å². The molecular weight excluding hydrogens is 196 g/mol. The van der Waals surface area contributed by atoms with Crippen LogP contribution in [-0.2, 0) is 0 Å². The van der Waals surface area contributed by atoms with Crippen molar-refractivity contribution in [3.05, 3.63) is 23.2 Å². The molecule has 1 aromatic carbocycles. The van der Waals surface area contributed by atoms with E-state index in [2.05, 4.69) is 0 Å². The zero-order chi connectivity index (χ0) is 8.72. The number of phenols is 1. The molecule has 0 amide bonds. The predicted molar refractivity (Wildman–Crippen MR) is 50.2 cm³/mol. The van der Waals surface area contributed by atoms with E-state index in [0.29, 0.717) is 10.4 Å². The van der Waals surface area contributed by atoms with Gasteiger partial charge in [0.25, 0.3) is 0 Å². The highest BCUT2D eigenvalue weighted by atomic mass is 35.5. The zero-order valence-electron chi connectivity index (χ0n) is 5.91. The number of hydrogen-bond acceptors (Lipinski definition) is 3. The predicted octanol–water partition coefficient (Wildman–Crippen LogP) is 2.97. The fourth-order valence-electron chi connectivity index (χ4n) is 1.04. The minimum absolute atomic E-state index is 0.0947. The third kappa shape index (κ3) is 1.02. The molecule has 2 N–H and O–H groups in total. The van der Waals surface area contributed by atoms with Crippen LogP contribution in [0.2, 0.25) is 5.02 Å². The SMILES string of the molecule is Oc1ccc2sc(O)c(Cl)c2c1. The molecule has 0 aliphatic rings. The summed E-state index contributed by atoms with van der Waals surface area (Å²) in [5.41, 5.74) is 0. The van der Waals surface area contributed by atoms with Gasteiger partial charge < -0.3 is 10.2 Å². The molecule has 0 saturated carbocycles. The highest BCUT2D eigenvalue weighted by Gasteiger charge is 2.08. The van der Waals surface area contributed by atoms with Crippen LogP contribution in [0.3, 0.4) is 0 Å².